The summed E-state index contributed by atoms with van der Waals surface area (Å²) in [6, 6.07) is 11.5. The van der Waals surface area contributed by atoms with Crippen LogP contribution < -0.4 is 10.2 Å². The number of ether oxygens (including phenoxy) is 1. The third kappa shape index (κ3) is 5.09. The molecule has 1 N–H and O–H groups in total. The molecule has 0 saturated heterocycles. The van der Waals surface area contributed by atoms with E-state index in [-0.39, 0.29) is 5.43 Å². The van der Waals surface area contributed by atoms with E-state index in [1.807, 2.05) is 42.7 Å². The number of hydrogen-bond donors (Lipinski definition) is 1. The molecule has 4 aromatic rings. The number of aryl methyl sites for hydroxylation is 3. The highest BCUT2D eigenvalue weighted by molar-refractivity contribution is 7.98. The molecule has 8 heteroatoms. The molecule has 0 fully saturated rings. The monoisotopic (exact) mass is 482 g/mol. The summed E-state index contributed by atoms with van der Waals surface area (Å²) in [6.45, 7) is 9.10. The van der Waals surface area contributed by atoms with Crippen LogP contribution in [0.25, 0.3) is 10.9 Å². The van der Waals surface area contributed by atoms with Crippen molar-refractivity contribution in [3.63, 3.8) is 0 Å². The van der Waals surface area contributed by atoms with Gasteiger partial charge < -0.3 is 14.3 Å². The van der Waals surface area contributed by atoms with E-state index in [0.717, 1.165) is 68.0 Å². The maximum atomic E-state index is 12.6. The summed E-state index contributed by atoms with van der Waals surface area (Å²) >= 11 is 7.80. The molecule has 6 nitrogen and oxygen atoms in total. The number of rotatable bonds is 8. The zero-order chi connectivity index (χ0) is 23.5. The molecule has 2 aromatic heterocycles. The highest BCUT2D eigenvalue weighted by Gasteiger charge is 2.14. The molecule has 0 aliphatic carbocycles. The van der Waals surface area contributed by atoms with Crippen molar-refractivity contribution in [2.75, 3.05) is 0 Å². The van der Waals surface area contributed by atoms with Crippen molar-refractivity contribution in [3.8, 4) is 5.75 Å². The number of fused-ring (bicyclic) bond motifs is 1. The van der Waals surface area contributed by atoms with Gasteiger partial charge in [0.15, 0.2) is 16.4 Å². The van der Waals surface area contributed by atoms with Gasteiger partial charge in [0.25, 0.3) is 0 Å². The number of aromatic nitrogens is 4. The lowest BCUT2D eigenvalue weighted by Crippen LogP contribution is -2.08. The number of halogens is 1. The average molecular weight is 483 g/mol. The van der Waals surface area contributed by atoms with Crippen molar-refractivity contribution in [1.29, 1.82) is 0 Å². The molecule has 0 radical (unpaired) electrons. The zero-order valence-corrected chi connectivity index (χ0v) is 20.8. The molecular weight excluding hydrogens is 456 g/mol. The van der Waals surface area contributed by atoms with E-state index in [9.17, 15) is 4.79 Å². The van der Waals surface area contributed by atoms with Gasteiger partial charge in [-0.2, -0.15) is 0 Å². The van der Waals surface area contributed by atoms with Gasteiger partial charge in [0, 0.05) is 40.0 Å². The molecule has 0 unspecified atom stereocenters. The summed E-state index contributed by atoms with van der Waals surface area (Å²) in [6.07, 6.45) is 0.906. The molecule has 4 rings (SSSR count). The van der Waals surface area contributed by atoms with Crippen molar-refractivity contribution in [2.24, 2.45) is 0 Å². The van der Waals surface area contributed by atoms with Gasteiger partial charge in [-0.3, -0.25) is 4.79 Å². The lowest BCUT2D eigenvalue weighted by molar-refractivity contribution is 0.288. The molecule has 0 aliphatic heterocycles. The minimum absolute atomic E-state index is 0.0363. The maximum Gasteiger partial charge on any atom is 0.191 e. The van der Waals surface area contributed by atoms with E-state index in [0.29, 0.717) is 12.4 Å². The van der Waals surface area contributed by atoms with Gasteiger partial charge in [-0.1, -0.05) is 36.4 Å². The average Bonchev–Trinajstić information content (AvgIpc) is 3.21. The quantitative estimate of drug-likeness (QED) is 0.319. The zero-order valence-electron chi connectivity index (χ0n) is 19.2. The molecular formula is C25H27ClN4O2S. The Hall–Kier alpha value is -2.77. The highest BCUT2D eigenvalue weighted by Crippen LogP contribution is 2.27. The van der Waals surface area contributed by atoms with Crippen LogP contribution in [0.5, 0.6) is 5.75 Å². The molecule has 2 heterocycles. The number of H-pyrrole nitrogens is 1. The van der Waals surface area contributed by atoms with Gasteiger partial charge in [-0.25, -0.2) is 0 Å². The third-order valence-corrected chi connectivity index (χ3v) is 7.21. The number of benzene rings is 2. The third-order valence-electron chi connectivity index (χ3n) is 5.60. The molecule has 2 aromatic carbocycles. The Morgan fingerprint density at radius 3 is 2.55 bits per heavy atom. The number of nitrogens with zero attached hydrogens (tertiary/aromatic N) is 3. The van der Waals surface area contributed by atoms with E-state index in [1.165, 1.54) is 0 Å². The second kappa shape index (κ2) is 10.0. The largest absolute Gasteiger partial charge is 0.486 e. The molecule has 172 valence electrons. The van der Waals surface area contributed by atoms with Gasteiger partial charge in [-0.15, -0.1) is 10.2 Å². The Bertz CT molecular complexity index is 1340. The summed E-state index contributed by atoms with van der Waals surface area (Å²) < 4.78 is 8.01. The Morgan fingerprint density at radius 1 is 1.09 bits per heavy atom. The number of hydrogen-bond acceptors (Lipinski definition) is 5. The topological polar surface area (TPSA) is 72.8 Å². The van der Waals surface area contributed by atoms with E-state index in [1.54, 1.807) is 17.8 Å². The Morgan fingerprint density at radius 2 is 1.85 bits per heavy atom. The molecule has 0 saturated carbocycles. The normalized spacial score (nSPS) is 11.3. The van der Waals surface area contributed by atoms with Crippen LogP contribution in [0.2, 0.25) is 5.02 Å². The first-order valence-corrected chi connectivity index (χ1v) is 12.3. The first kappa shape index (κ1) is 23.4. The van der Waals surface area contributed by atoms with Gasteiger partial charge in [0.1, 0.15) is 12.4 Å². The van der Waals surface area contributed by atoms with Crippen molar-refractivity contribution < 1.29 is 4.74 Å². The molecule has 0 spiro atoms. The SMILES string of the molecule is CCc1ccc2[nH]c(CSc3nnc(COc4cc(C)c(Cl)c(C)c4)n3CC)cc(=O)c2c1. The number of thioether (sulfide) groups is 1. The van der Waals surface area contributed by atoms with Crippen LogP contribution in [-0.2, 0) is 25.3 Å². The minimum atomic E-state index is 0.0363. The van der Waals surface area contributed by atoms with E-state index >= 15 is 0 Å². The van der Waals surface area contributed by atoms with Crippen LogP contribution in [-0.4, -0.2) is 19.7 Å². The summed E-state index contributed by atoms with van der Waals surface area (Å²) in [7, 11) is 0. The van der Waals surface area contributed by atoms with Crippen LogP contribution in [0.1, 0.15) is 42.1 Å². The van der Waals surface area contributed by atoms with Crippen LogP contribution in [0.4, 0.5) is 0 Å². The molecule has 33 heavy (non-hydrogen) atoms. The Balaban J connectivity index is 1.48. The lowest BCUT2D eigenvalue weighted by Gasteiger charge is -2.11. The first-order valence-electron chi connectivity index (χ1n) is 11.0. The van der Waals surface area contributed by atoms with Gasteiger partial charge in [-0.05, 0) is 68.1 Å². The second-order valence-electron chi connectivity index (χ2n) is 7.98. The molecule has 0 aliphatic rings. The smallest absolute Gasteiger partial charge is 0.191 e. The molecule has 0 bridgehead atoms. The predicted octanol–water partition coefficient (Wildman–Crippen LogP) is 5.84. The van der Waals surface area contributed by atoms with Gasteiger partial charge in [0.05, 0.1) is 0 Å². The minimum Gasteiger partial charge on any atom is -0.486 e. The summed E-state index contributed by atoms with van der Waals surface area (Å²) in [4.78, 5) is 16.0. The molecule has 0 amide bonds. The fraction of sp³-hybridized carbons (Fsp3) is 0.320. The standard InChI is InChI=1S/C25H27ClN4O2S/c1-5-17-7-8-21-20(11-17)22(31)12-18(27-21)14-33-25-29-28-23(30(25)6-2)13-32-19-9-15(3)24(26)16(4)10-19/h7-12H,5-6,13-14H2,1-4H3,(H,27,31). The van der Waals surface area contributed by atoms with E-state index in [4.69, 9.17) is 16.3 Å². The van der Waals surface area contributed by atoms with Crippen LogP contribution in [0, 0.1) is 13.8 Å². The summed E-state index contributed by atoms with van der Waals surface area (Å²) in [5.74, 6) is 2.11. The van der Waals surface area contributed by atoms with Crippen molar-refractivity contribution in [2.45, 2.75) is 58.2 Å². The highest BCUT2D eigenvalue weighted by atomic mass is 35.5. The van der Waals surface area contributed by atoms with Gasteiger partial charge >= 0.3 is 0 Å². The van der Waals surface area contributed by atoms with Crippen molar-refractivity contribution in [1.82, 2.24) is 19.7 Å². The fourth-order valence-corrected chi connectivity index (χ4v) is 4.81. The fourth-order valence-electron chi connectivity index (χ4n) is 3.78. The predicted molar refractivity (Wildman–Crippen MR) is 134 cm³/mol. The van der Waals surface area contributed by atoms with Crippen LogP contribution in [0.3, 0.4) is 0 Å². The van der Waals surface area contributed by atoms with Crippen molar-refractivity contribution in [3.05, 3.63) is 79.9 Å². The number of nitrogens with one attached hydrogen (secondary N) is 1. The lowest BCUT2D eigenvalue weighted by atomic mass is 10.1. The number of aromatic amines is 1. The maximum absolute atomic E-state index is 12.6. The Labute approximate surface area is 202 Å². The Kier molecular flexibility index (Phi) is 7.10. The van der Waals surface area contributed by atoms with Gasteiger partial charge in [0.2, 0.25) is 0 Å². The van der Waals surface area contributed by atoms with E-state index < -0.39 is 0 Å². The van der Waals surface area contributed by atoms with Crippen molar-refractivity contribution >= 4 is 34.3 Å². The van der Waals surface area contributed by atoms with E-state index in [2.05, 4.69) is 35.1 Å². The number of pyridine rings is 1. The first-order chi connectivity index (χ1) is 15.9. The summed E-state index contributed by atoms with van der Waals surface area (Å²) in [5.41, 5.74) is 4.87. The van der Waals surface area contributed by atoms with Crippen LogP contribution in [0.15, 0.2) is 46.3 Å². The van der Waals surface area contributed by atoms with Crippen LogP contribution >= 0.6 is 23.4 Å². The molecule has 0 atom stereocenters. The summed E-state index contributed by atoms with van der Waals surface area (Å²) in [5, 5.41) is 11.0. The second-order valence-corrected chi connectivity index (χ2v) is 9.30.